The minimum absolute atomic E-state index is 0.0654. The maximum Gasteiger partial charge on any atom is 0.315 e. The lowest BCUT2D eigenvalue weighted by atomic mass is 9.96. The van der Waals surface area contributed by atoms with Crippen LogP contribution in [-0.2, 0) is 27.0 Å². The maximum atomic E-state index is 13.5. The molecule has 0 bridgehead atoms. The fourth-order valence-electron chi connectivity index (χ4n) is 5.79. The van der Waals surface area contributed by atoms with Crippen molar-refractivity contribution in [1.29, 1.82) is 0 Å². The molecule has 0 spiro atoms. The zero-order valence-electron chi connectivity index (χ0n) is 28.9. The quantitative estimate of drug-likeness (QED) is 0.0831. The third kappa shape index (κ3) is 9.78. The van der Waals surface area contributed by atoms with Crippen LogP contribution in [0, 0.1) is 0 Å². The zero-order valence-corrected chi connectivity index (χ0v) is 30.5. The van der Waals surface area contributed by atoms with Crippen molar-refractivity contribution < 1.29 is 48.2 Å². The summed E-state index contributed by atoms with van der Waals surface area (Å²) in [6.07, 6.45) is 3.07. The second kappa shape index (κ2) is 17.6. The second-order valence-corrected chi connectivity index (χ2v) is 15.7. The largest absolute Gasteiger partial charge is 0.490 e. The Morgan fingerprint density at radius 1 is 1.04 bits per heavy atom. The summed E-state index contributed by atoms with van der Waals surface area (Å²) in [5.74, 6) is 0.821. The van der Waals surface area contributed by atoms with Gasteiger partial charge in [0, 0.05) is 48.7 Å². The fourth-order valence-corrected chi connectivity index (χ4v) is 7.22. The van der Waals surface area contributed by atoms with Gasteiger partial charge >= 0.3 is 6.03 Å². The van der Waals surface area contributed by atoms with Gasteiger partial charge in [-0.1, -0.05) is 29.8 Å². The summed E-state index contributed by atoms with van der Waals surface area (Å²) in [4.78, 5) is 16.7. The van der Waals surface area contributed by atoms with E-state index in [2.05, 4.69) is 15.6 Å². The molecule has 2 aliphatic rings. The van der Waals surface area contributed by atoms with E-state index in [-0.39, 0.29) is 30.7 Å². The lowest BCUT2D eigenvalue weighted by molar-refractivity contribution is -0.0902. The van der Waals surface area contributed by atoms with Crippen LogP contribution < -0.4 is 15.4 Å². The number of sulfonamides is 1. The molecule has 5 rings (SSSR count). The molecule has 52 heavy (non-hydrogen) atoms. The Bertz CT molecular complexity index is 1780. The van der Waals surface area contributed by atoms with E-state index in [9.17, 15) is 33.6 Å². The predicted octanol–water partition coefficient (Wildman–Crippen LogP) is 2.28. The Hall–Kier alpha value is -3.38. The van der Waals surface area contributed by atoms with Crippen LogP contribution in [-0.4, -0.2) is 113 Å². The normalized spacial score (nSPS) is 17.6. The molecule has 7 N–H and O–H groups in total. The summed E-state index contributed by atoms with van der Waals surface area (Å²) in [7, 11) is -2.43. The first-order valence-corrected chi connectivity index (χ1v) is 19.1. The minimum Gasteiger partial charge on any atom is -0.490 e. The Labute approximate surface area is 308 Å². The number of urea groups is 1. The molecule has 2 fully saturated rings. The van der Waals surface area contributed by atoms with E-state index in [1.807, 2.05) is 36.5 Å². The molecule has 0 aliphatic heterocycles. The van der Waals surface area contributed by atoms with Crippen molar-refractivity contribution >= 4 is 27.7 Å². The van der Waals surface area contributed by atoms with E-state index in [4.69, 9.17) is 26.2 Å². The number of amides is 2. The van der Waals surface area contributed by atoms with Gasteiger partial charge in [0.25, 0.3) is 0 Å². The molecule has 0 radical (unpaired) electrons. The summed E-state index contributed by atoms with van der Waals surface area (Å²) in [5.41, 5.74) is 2.82. The van der Waals surface area contributed by atoms with Crippen LogP contribution in [0.5, 0.6) is 5.75 Å². The Morgan fingerprint density at radius 2 is 1.79 bits per heavy atom. The molecule has 4 atom stereocenters. The number of nitrogens with zero attached hydrogens (tertiary/aromatic N) is 2. The Balaban J connectivity index is 1.15. The van der Waals surface area contributed by atoms with Crippen molar-refractivity contribution in [3.05, 3.63) is 77.1 Å². The molecule has 2 amide bonds. The fraction of sp³-hybridized carbons (Fsp3) is 0.500. The van der Waals surface area contributed by atoms with Gasteiger partial charge in [0.1, 0.15) is 24.1 Å². The van der Waals surface area contributed by atoms with Crippen LogP contribution in [0.2, 0.25) is 5.02 Å². The molecule has 1 heterocycles. The van der Waals surface area contributed by atoms with Gasteiger partial charge in [-0.3, -0.25) is 4.98 Å². The molecular weight excluding hydrogens is 716 g/mol. The highest BCUT2D eigenvalue weighted by Crippen LogP contribution is 2.53. The number of pyridine rings is 1. The van der Waals surface area contributed by atoms with Gasteiger partial charge < -0.3 is 45.6 Å². The van der Waals surface area contributed by atoms with E-state index < -0.39 is 59.2 Å². The molecule has 4 unspecified atom stereocenters. The average molecular weight is 763 g/mol. The predicted molar refractivity (Wildman–Crippen MR) is 192 cm³/mol. The number of halogens is 1. The first-order valence-electron chi connectivity index (χ1n) is 17.3. The van der Waals surface area contributed by atoms with Gasteiger partial charge in [-0.2, -0.15) is 0 Å². The number of carbonyl (C=O) groups excluding carboxylic acids is 1. The van der Waals surface area contributed by atoms with Gasteiger partial charge in [-0.25, -0.2) is 17.5 Å². The number of unbranched alkanes of at least 4 members (excludes halogenated alkanes) is 1. The lowest BCUT2D eigenvalue weighted by Crippen LogP contribution is -2.56. The lowest BCUT2D eigenvalue weighted by Gasteiger charge is -2.28. The summed E-state index contributed by atoms with van der Waals surface area (Å²) in [6.45, 7) is -1.16. The van der Waals surface area contributed by atoms with Crippen LogP contribution in [0.15, 0.2) is 65.8 Å². The third-order valence-electron chi connectivity index (χ3n) is 9.28. The van der Waals surface area contributed by atoms with E-state index in [0.29, 0.717) is 23.4 Å². The number of carbonyl (C=O) groups is 1. The SMILES string of the molecule is CN(CCCCNC(=O)NC(CO)C(O)C(O)C(O)CO)S(=O)(=O)c1ccc(Cl)c(COC2(c3cnccc3-c3ccccc3OC3CC3)CC2)c1. The van der Waals surface area contributed by atoms with E-state index >= 15 is 0 Å². The second-order valence-electron chi connectivity index (χ2n) is 13.2. The average Bonchev–Trinajstić information content (AvgIpc) is 4.10. The standard InChI is InChI=1S/C36H47ClN4O10S/c1-41(17-5-4-15-39-35(47)40-30(20-42)33(45)34(46)31(44)21-43)52(48,49)25-10-11-29(37)23(18-25)22-50-36(13-14-36)28-19-38-16-12-26(28)27-6-2-3-7-32(27)51-24-8-9-24/h2-3,6-7,10-12,16,18-19,24,30-31,33-34,42-46H,4-5,8-9,13-15,17,20-22H2,1H3,(H2,39,40,47). The highest BCUT2D eigenvalue weighted by Gasteiger charge is 2.48. The number of ether oxygens (including phenoxy) is 2. The van der Waals surface area contributed by atoms with Gasteiger partial charge in [0.15, 0.2) is 0 Å². The Kier molecular flexibility index (Phi) is 13.5. The number of aliphatic hydroxyl groups is 5. The van der Waals surface area contributed by atoms with Crippen molar-refractivity contribution in [3.8, 4) is 16.9 Å². The molecule has 2 aromatic carbocycles. The van der Waals surface area contributed by atoms with Crippen molar-refractivity contribution in [2.24, 2.45) is 0 Å². The Morgan fingerprint density at radius 3 is 2.48 bits per heavy atom. The van der Waals surface area contributed by atoms with Gasteiger partial charge in [-0.15, -0.1) is 0 Å². The number of para-hydroxylation sites is 1. The monoisotopic (exact) mass is 762 g/mol. The molecule has 284 valence electrons. The number of hydrogen-bond acceptors (Lipinski definition) is 11. The summed E-state index contributed by atoms with van der Waals surface area (Å²) in [5, 5.41) is 53.1. The number of rotatable bonds is 20. The van der Waals surface area contributed by atoms with Gasteiger partial charge in [-0.05, 0) is 80.0 Å². The van der Waals surface area contributed by atoms with Crippen molar-refractivity contribution in [2.45, 2.75) is 86.1 Å². The van der Waals surface area contributed by atoms with Crippen LogP contribution in [0.3, 0.4) is 0 Å². The summed E-state index contributed by atoms with van der Waals surface area (Å²) >= 11 is 6.54. The van der Waals surface area contributed by atoms with E-state index in [1.165, 1.54) is 23.5 Å². The number of aliphatic hydroxyl groups excluding tert-OH is 5. The van der Waals surface area contributed by atoms with Crippen LogP contribution in [0.1, 0.15) is 49.7 Å². The molecule has 0 saturated heterocycles. The van der Waals surface area contributed by atoms with E-state index in [1.54, 1.807) is 12.3 Å². The van der Waals surface area contributed by atoms with Crippen LogP contribution in [0.25, 0.3) is 11.1 Å². The van der Waals surface area contributed by atoms with Gasteiger partial charge in [0.05, 0.1) is 42.5 Å². The first-order chi connectivity index (χ1) is 24.9. The van der Waals surface area contributed by atoms with E-state index in [0.717, 1.165) is 48.1 Å². The molecule has 14 nitrogen and oxygen atoms in total. The van der Waals surface area contributed by atoms with Crippen LogP contribution in [0.4, 0.5) is 4.79 Å². The van der Waals surface area contributed by atoms with Crippen molar-refractivity contribution in [3.63, 3.8) is 0 Å². The molecular formula is C36H47ClN4O10S. The highest BCUT2D eigenvalue weighted by molar-refractivity contribution is 7.89. The molecule has 2 aliphatic carbocycles. The summed E-state index contributed by atoms with van der Waals surface area (Å²) in [6, 6.07) is 12.4. The first kappa shape index (κ1) is 39.8. The van der Waals surface area contributed by atoms with Crippen molar-refractivity contribution in [2.75, 3.05) is 33.4 Å². The minimum atomic E-state index is -3.89. The molecule has 3 aromatic rings. The van der Waals surface area contributed by atoms with Crippen LogP contribution >= 0.6 is 11.6 Å². The third-order valence-corrected chi connectivity index (χ3v) is 11.5. The number of aromatic nitrogens is 1. The number of nitrogens with one attached hydrogen (secondary N) is 2. The molecule has 2 saturated carbocycles. The maximum absolute atomic E-state index is 13.5. The van der Waals surface area contributed by atoms with Crippen molar-refractivity contribution in [1.82, 2.24) is 19.9 Å². The number of benzene rings is 2. The van der Waals surface area contributed by atoms with Gasteiger partial charge in [0.2, 0.25) is 10.0 Å². The smallest absolute Gasteiger partial charge is 0.315 e. The zero-order chi connectivity index (χ0) is 37.5. The summed E-state index contributed by atoms with van der Waals surface area (Å²) < 4.78 is 40.9. The molecule has 16 heteroatoms. The molecule has 1 aromatic heterocycles. The topological polar surface area (TPSA) is 211 Å². The number of hydrogen-bond donors (Lipinski definition) is 7. The highest BCUT2D eigenvalue weighted by atomic mass is 35.5.